The molecule has 1 aliphatic rings. The number of nitrogens with one attached hydrogen (secondary N) is 1. The lowest BCUT2D eigenvalue weighted by atomic mass is 10.2. The van der Waals surface area contributed by atoms with Crippen molar-refractivity contribution in [2.24, 2.45) is 5.92 Å². The van der Waals surface area contributed by atoms with E-state index in [9.17, 15) is 13.2 Å². The Morgan fingerprint density at radius 3 is 2.56 bits per heavy atom. The Hall–Kier alpha value is -1.46. The lowest BCUT2D eigenvalue weighted by Crippen LogP contribution is -2.11. The average molecular weight is 231 g/mol. The molecule has 0 aromatic carbocycles. The predicted molar refractivity (Wildman–Crippen MR) is 54.8 cm³/mol. The van der Waals surface area contributed by atoms with Gasteiger partial charge in [0.1, 0.15) is 11.6 Å². The van der Waals surface area contributed by atoms with Crippen molar-refractivity contribution in [3.8, 4) is 0 Å². The highest BCUT2D eigenvalue weighted by atomic mass is 19.4. The molecule has 1 aliphatic carbocycles. The summed E-state index contributed by atoms with van der Waals surface area (Å²) in [6.07, 6.45) is -3.43. The molecule has 6 heteroatoms. The van der Waals surface area contributed by atoms with Gasteiger partial charge in [0.15, 0.2) is 0 Å². The van der Waals surface area contributed by atoms with E-state index in [0.717, 1.165) is 18.6 Å². The number of rotatable bonds is 2. The van der Waals surface area contributed by atoms with Crippen LogP contribution in [0.5, 0.6) is 0 Å². The molecule has 0 amide bonds. The molecule has 0 saturated heterocycles. The minimum atomic E-state index is -4.39. The third-order valence-electron chi connectivity index (χ3n) is 2.62. The summed E-state index contributed by atoms with van der Waals surface area (Å²) in [5.41, 5.74) is 4.57. The molecule has 1 fully saturated rings. The Kier molecular flexibility index (Phi) is 2.44. The van der Waals surface area contributed by atoms with E-state index in [0.29, 0.717) is 5.92 Å². The number of pyridine rings is 1. The number of nitrogen functional groups attached to an aromatic ring is 1. The van der Waals surface area contributed by atoms with E-state index >= 15 is 0 Å². The molecule has 1 aromatic heterocycles. The summed E-state index contributed by atoms with van der Waals surface area (Å²) in [4.78, 5) is 3.83. The molecule has 2 unspecified atom stereocenters. The minimum absolute atomic E-state index is 0.120. The molecule has 2 atom stereocenters. The lowest BCUT2D eigenvalue weighted by Gasteiger charge is -2.10. The van der Waals surface area contributed by atoms with Crippen LogP contribution in [0.1, 0.15) is 18.9 Å². The van der Waals surface area contributed by atoms with Crippen LogP contribution in [-0.2, 0) is 6.18 Å². The van der Waals surface area contributed by atoms with Crippen LogP contribution in [0, 0.1) is 5.92 Å². The van der Waals surface area contributed by atoms with Gasteiger partial charge >= 0.3 is 6.18 Å². The molecule has 2 rings (SSSR count). The maximum Gasteiger partial charge on any atom is 0.416 e. The molecule has 0 spiro atoms. The molecule has 0 radical (unpaired) electrons. The van der Waals surface area contributed by atoms with Crippen molar-refractivity contribution in [3.05, 3.63) is 17.7 Å². The number of aromatic nitrogens is 1. The third kappa shape index (κ3) is 2.37. The molecule has 88 valence electrons. The largest absolute Gasteiger partial charge is 0.416 e. The van der Waals surface area contributed by atoms with Gasteiger partial charge in [0.2, 0.25) is 0 Å². The molecule has 3 nitrogen and oxygen atoms in total. The normalized spacial score (nSPS) is 24.2. The number of nitrogens with two attached hydrogens (primary N) is 1. The van der Waals surface area contributed by atoms with E-state index in [4.69, 9.17) is 5.73 Å². The van der Waals surface area contributed by atoms with Gasteiger partial charge < -0.3 is 11.1 Å². The highest BCUT2D eigenvalue weighted by Gasteiger charge is 2.34. The second kappa shape index (κ2) is 3.54. The van der Waals surface area contributed by atoms with Gasteiger partial charge in [-0.2, -0.15) is 13.2 Å². The number of alkyl halides is 3. The number of hydrogen-bond acceptors (Lipinski definition) is 3. The molecular formula is C10H12F3N3. The zero-order valence-electron chi connectivity index (χ0n) is 8.67. The summed E-state index contributed by atoms with van der Waals surface area (Å²) >= 11 is 0. The fourth-order valence-electron chi connectivity index (χ4n) is 1.50. The summed E-state index contributed by atoms with van der Waals surface area (Å²) in [5.74, 6) is 0.560. The van der Waals surface area contributed by atoms with Gasteiger partial charge in [-0.05, 0) is 24.5 Å². The highest BCUT2D eigenvalue weighted by Crippen LogP contribution is 2.35. The van der Waals surface area contributed by atoms with Crippen molar-refractivity contribution in [2.75, 3.05) is 11.1 Å². The third-order valence-corrected chi connectivity index (χ3v) is 2.62. The van der Waals surface area contributed by atoms with Gasteiger partial charge in [0.05, 0.1) is 5.56 Å². The smallest absolute Gasteiger partial charge is 0.384 e. The van der Waals surface area contributed by atoms with E-state index in [-0.39, 0.29) is 17.7 Å². The van der Waals surface area contributed by atoms with Crippen LogP contribution in [0.2, 0.25) is 0 Å². The Morgan fingerprint density at radius 2 is 2.06 bits per heavy atom. The topological polar surface area (TPSA) is 50.9 Å². The summed E-state index contributed by atoms with van der Waals surface area (Å²) < 4.78 is 37.4. The number of anilines is 2. The molecule has 1 aromatic rings. The first-order chi connectivity index (χ1) is 7.36. The first kappa shape index (κ1) is 11.0. The molecule has 3 N–H and O–H groups in total. The monoisotopic (exact) mass is 231 g/mol. The van der Waals surface area contributed by atoms with Gasteiger partial charge in [-0.1, -0.05) is 6.92 Å². The fourth-order valence-corrected chi connectivity index (χ4v) is 1.50. The Balaban J connectivity index is 2.22. The van der Waals surface area contributed by atoms with Crippen LogP contribution < -0.4 is 11.1 Å². The van der Waals surface area contributed by atoms with E-state index in [1.807, 2.05) is 6.92 Å². The summed E-state index contributed by atoms with van der Waals surface area (Å²) in [6, 6.07) is 2.04. The SMILES string of the molecule is CC1CC1Nc1cc(C(F)(F)F)cc(N)n1. The number of hydrogen-bond donors (Lipinski definition) is 2. The number of halogens is 3. The standard InChI is InChI=1S/C10H12F3N3/c1-5-2-7(5)15-9-4-6(10(11,12)13)3-8(14)16-9/h3-5,7H,2H2,1H3,(H3,14,15,16). The lowest BCUT2D eigenvalue weighted by molar-refractivity contribution is -0.137. The van der Waals surface area contributed by atoms with E-state index in [1.165, 1.54) is 0 Å². The highest BCUT2D eigenvalue weighted by molar-refractivity contribution is 5.48. The molecular weight excluding hydrogens is 219 g/mol. The summed E-state index contributed by atoms with van der Waals surface area (Å²) in [6.45, 7) is 2.02. The summed E-state index contributed by atoms with van der Waals surface area (Å²) in [5, 5.41) is 2.93. The Morgan fingerprint density at radius 1 is 1.44 bits per heavy atom. The molecule has 16 heavy (non-hydrogen) atoms. The van der Waals surface area contributed by atoms with Gasteiger partial charge in [0, 0.05) is 6.04 Å². The first-order valence-electron chi connectivity index (χ1n) is 4.97. The zero-order chi connectivity index (χ0) is 11.9. The van der Waals surface area contributed by atoms with Crippen molar-refractivity contribution in [3.63, 3.8) is 0 Å². The first-order valence-corrected chi connectivity index (χ1v) is 4.97. The fraction of sp³-hybridized carbons (Fsp3) is 0.500. The molecule has 0 bridgehead atoms. The van der Waals surface area contributed by atoms with E-state index in [2.05, 4.69) is 10.3 Å². The van der Waals surface area contributed by atoms with Gasteiger partial charge in [0.25, 0.3) is 0 Å². The number of nitrogens with zero attached hydrogens (tertiary/aromatic N) is 1. The molecule has 0 aliphatic heterocycles. The van der Waals surface area contributed by atoms with Gasteiger partial charge in [-0.25, -0.2) is 4.98 Å². The maximum atomic E-state index is 12.5. The Bertz CT molecular complexity index is 403. The Labute approximate surface area is 90.9 Å². The van der Waals surface area contributed by atoms with Gasteiger partial charge in [-0.15, -0.1) is 0 Å². The minimum Gasteiger partial charge on any atom is -0.384 e. The second-order valence-electron chi connectivity index (χ2n) is 4.13. The quantitative estimate of drug-likeness (QED) is 0.822. The van der Waals surface area contributed by atoms with Gasteiger partial charge in [-0.3, -0.25) is 0 Å². The van der Waals surface area contributed by atoms with Crippen molar-refractivity contribution < 1.29 is 13.2 Å². The predicted octanol–water partition coefficient (Wildman–Crippen LogP) is 2.50. The van der Waals surface area contributed by atoms with Crippen LogP contribution in [0.25, 0.3) is 0 Å². The van der Waals surface area contributed by atoms with Crippen molar-refractivity contribution in [1.29, 1.82) is 0 Å². The van der Waals surface area contributed by atoms with Crippen molar-refractivity contribution in [2.45, 2.75) is 25.6 Å². The van der Waals surface area contributed by atoms with Crippen LogP contribution in [0.3, 0.4) is 0 Å². The second-order valence-corrected chi connectivity index (χ2v) is 4.13. The molecule has 1 saturated carbocycles. The van der Waals surface area contributed by atoms with E-state index < -0.39 is 11.7 Å². The van der Waals surface area contributed by atoms with Crippen LogP contribution in [-0.4, -0.2) is 11.0 Å². The summed E-state index contributed by atoms with van der Waals surface area (Å²) in [7, 11) is 0. The zero-order valence-corrected chi connectivity index (χ0v) is 8.67. The van der Waals surface area contributed by atoms with Crippen LogP contribution >= 0.6 is 0 Å². The maximum absolute atomic E-state index is 12.5. The van der Waals surface area contributed by atoms with Crippen LogP contribution in [0.4, 0.5) is 24.8 Å². The average Bonchev–Trinajstić information content (AvgIpc) is 2.79. The van der Waals surface area contributed by atoms with Crippen LogP contribution in [0.15, 0.2) is 12.1 Å². The van der Waals surface area contributed by atoms with Crippen molar-refractivity contribution in [1.82, 2.24) is 4.98 Å². The van der Waals surface area contributed by atoms with E-state index in [1.54, 1.807) is 0 Å². The molecule has 1 heterocycles. The van der Waals surface area contributed by atoms with Crippen molar-refractivity contribution >= 4 is 11.6 Å².